The lowest BCUT2D eigenvalue weighted by atomic mass is 10.1. The van der Waals surface area contributed by atoms with Crippen molar-refractivity contribution in [3.8, 4) is 11.4 Å². The van der Waals surface area contributed by atoms with E-state index in [0.29, 0.717) is 16.9 Å². The Bertz CT molecular complexity index is 1120. The molecule has 2 heterocycles. The Morgan fingerprint density at radius 1 is 1.21 bits per heavy atom. The summed E-state index contributed by atoms with van der Waals surface area (Å²) in [6.45, 7) is 0.339. The molecule has 0 bridgehead atoms. The van der Waals surface area contributed by atoms with E-state index in [1.54, 1.807) is 36.6 Å². The number of Topliss-reactive ketones (excluding diaryl/α,β-unsaturated/α-hetero) is 1. The summed E-state index contributed by atoms with van der Waals surface area (Å²) in [6.07, 6.45) is 1.20. The predicted octanol–water partition coefficient (Wildman–Crippen LogP) is 4.44. The SMILES string of the molecule is Cc1cc(C(=O)Cn2ncc(Cl)c(Cl)c2=O)c(C)n1-c1ccc(OC(F)F)cc1. The number of benzene rings is 1. The average Bonchev–Trinajstić information content (AvgIpc) is 2.97. The minimum absolute atomic E-state index is 0.0119. The number of ketones is 1. The first-order chi connectivity index (χ1) is 13.7. The third-order valence-corrected chi connectivity index (χ3v) is 5.04. The number of ether oxygens (including phenoxy) is 1. The van der Waals surface area contributed by atoms with Crippen LogP contribution in [0.15, 0.2) is 41.3 Å². The van der Waals surface area contributed by atoms with Gasteiger partial charge in [-0.1, -0.05) is 23.2 Å². The monoisotopic (exact) mass is 441 g/mol. The molecule has 0 amide bonds. The maximum absolute atomic E-state index is 12.8. The molecule has 0 atom stereocenters. The molecule has 0 aliphatic carbocycles. The Morgan fingerprint density at radius 2 is 1.86 bits per heavy atom. The lowest BCUT2D eigenvalue weighted by Crippen LogP contribution is -2.27. The molecule has 0 radical (unpaired) electrons. The average molecular weight is 442 g/mol. The van der Waals surface area contributed by atoms with Gasteiger partial charge in [0.1, 0.15) is 17.3 Å². The van der Waals surface area contributed by atoms with Crippen LogP contribution >= 0.6 is 23.2 Å². The number of carbonyl (C=O) groups is 1. The molecule has 0 unspecified atom stereocenters. The highest BCUT2D eigenvalue weighted by atomic mass is 35.5. The van der Waals surface area contributed by atoms with Gasteiger partial charge in [0.25, 0.3) is 5.56 Å². The minimum Gasteiger partial charge on any atom is -0.435 e. The van der Waals surface area contributed by atoms with Crippen molar-refractivity contribution in [3.63, 3.8) is 0 Å². The van der Waals surface area contributed by atoms with Crippen molar-refractivity contribution in [1.82, 2.24) is 14.3 Å². The highest BCUT2D eigenvalue weighted by Crippen LogP contribution is 2.24. The van der Waals surface area contributed by atoms with Crippen molar-refractivity contribution >= 4 is 29.0 Å². The van der Waals surface area contributed by atoms with E-state index in [4.69, 9.17) is 23.2 Å². The van der Waals surface area contributed by atoms with E-state index in [1.807, 2.05) is 0 Å². The standard InChI is InChI=1S/C19H15Cl2F2N3O3/c1-10-7-14(16(27)9-25-18(28)17(21)15(20)8-24-25)11(2)26(10)12-3-5-13(6-4-12)29-19(22)23/h3-8,19H,9H2,1-2H3. The number of hydrogen-bond donors (Lipinski definition) is 0. The molecular formula is C19H15Cl2F2N3O3. The van der Waals surface area contributed by atoms with Gasteiger partial charge in [0.2, 0.25) is 0 Å². The summed E-state index contributed by atoms with van der Waals surface area (Å²) < 4.78 is 31.7. The van der Waals surface area contributed by atoms with E-state index in [-0.39, 0.29) is 28.1 Å². The summed E-state index contributed by atoms with van der Waals surface area (Å²) in [7, 11) is 0. The molecule has 29 heavy (non-hydrogen) atoms. The second-order valence-corrected chi connectivity index (χ2v) is 6.97. The summed E-state index contributed by atoms with van der Waals surface area (Å²) in [5.41, 5.74) is 1.79. The molecular weight excluding hydrogens is 427 g/mol. The van der Waals surface area contributed by atoms with Gasteiger partial charge in [0.15, 0.2) is 5.78 Å². The van der Waals surface area contributed by atoms with E-state index in [2.05, 4.69) is 9.84 Å². The van der Waals surface area contributed by atoms with Crippen molar-refractivity contribution < 1.29 is 18.3 Å². The van der Waals surface area contributed by atoms with Crippen LogP contribution in [0.1, 0.15) is 21.7 Å². The summed E-state index contributed by atoms with van der Waals surface area (Å²) >= 11 is 11.6. The van der Waals surface area contributed by atoms with Gasteiger partial charge in [-0.15, -0.1) is 0 Å². The Morgan fingerprint density at radius 3 is 2.48 bits per heavy atom. The summed E-state index contributed by atoms with van der Waals surface area (Å²) in [4.78, 5) is 24.9. The largest absolute Gasteiger partial charge is 0.435 e. The minimum atomic E-state index is -2.90. The first-order valence-electron chi connectivity index (χ1n) is 8.37. The zero-order chi connectivity index (χ0) is 21.3. The van der Waals surface area contributed by atoms with Crippen molar-refractivity contribution in [3.05, 3.63) is 73.9 Å². The number of carbonyl (C=O) groups excluding carboxylic acids is 1. The molecule has 3 rings (SSSR count). The van der Waals surface area contributed by atoms with Gasteiger partial charge in [0, 0.05) is 22.6 Å². The molecule has 0 saturated carbocycles. The van der Waals surface area contributed by atoms with Gasteiger partial charge < -0.3 is 9.30 Å². The van der Waals surface area contributed by atoms with Crippen LogP contribution in [0.3, 0.4) is 0 Å². The quantitative estimate of drug-likeness (QED) is 0.530. The van der Waals surface area contributed by atoms with Crippen LogP contribution in [0.25, 0.3) is 5.69 Å². The van der Waals surface area contributed by atoms with Gasteiger partial charge in [0.05, 0.1) is 11.2 Å². The number of alkyl halides is 2. The Kier molecular flexibility index (Phi) is 6.04. The van der Waals surface area contributed by atoms with Crippen LogP contribution in [0, 0.1) is 13.8 Å². The molecule has 0 saturated heterocycles. The predicted molar refractivity (Wildman–Crippen MR) is 105 cm³/mol. The Balaban J connectivity index is 1.90. The summed E-state index contributed by atoms with van der Waals surface area (Å²) in [5.74, 6) is -0.303. The number of halogens is 4. The van der Waals surface area contributed by atoms with Crippen LogP contribution in [0.4, 0.5) is 8.78 Å². The maximum atomic E-state index is 12.8. The van der Waals surface area contributed by atoms with Crippen molar-refractivity contribution in [2.24, 2.45) is 0 Å². The molecule has 0 fully saturated rings. The number of aryl methyl sites for hydroxylation is 1. The third kappa shape index (κ3) is 4.33. The molecule has 0 N–H and O–H groups in total. The van der Waals surface area contributed by atoms with Crippen molar-refractivity contribution in [2.75, 3.05) is 0 Å². The molecule has 0 aliphatic rings. The van der Waals surface area contributed by atoms with Crippen molar-refractivity contribution in [1.29, 1.82) is 0 Å². The number of hydrogen-bond acceptors (Lipinski definition) is 4. The van der Waals surface area contributed by atoms with E-state index >= 15 is 0 Å². The zero-order valence-electron chi connectivity index (χ0n) is 15.3. The van der Waals surface area contributed by atoms with Gasteiger partial charge >= 0.3 is 6.61 Å². The zero-order valence-corrected chi connectivity index (χ0v) is 16.8. The lowest BCUT2D eigenvalue weighted by molar-refractivity contribution is -0.0498. The summed E-state index contributed by atoms with van der Waals surface area (Å²) in [6, 6.07) is 7.74. The fraction of sp³-hybridized carbons (Fsp3) is 0.211. The van der Waals surface area contributed by atoms with Crippen LogP contribution in [0.2, 0.25) is 10.0 Å². The fourth-order valence-corrected chi connectivity index (χ4v) is 3.27. The van der Waals surface area contributed by atoms with Gasteiger partial charge in [-0.05, 0) is 44.2 Å². The van der Waals surface area contributed by atoms with E-state index < -0.39 is 12.2 Å². The lowest BCUT2D eigenvalue weighted by Gasteiger charge is -2.11. The molecule has 3 aromatic rings. The van der Waals surface area contributed by atoms with Crippen LogP contribution in [-0.2, 0) is 6.54 Å². The van der Waals surface area contributed by atoms with E-state index in [0.717, 1.165) is 10.4 Å². The molecule has 0 spiro atoms. The van der Waals surface area contributed by atoms with Gasteiger partial charge in [-0.25, -0.2) is 4.68 Å². The number of aromatic nitrogens is 3. The van der Waals surface area contributed by atoms with Gasteiger partial charge in [-0.3, -0.25) is 9.59 Å². The molecule has 1 aromatic carbocycles. The molecule has 2 aromatic heterocycles. The van der Waals surface area contributed by atoms with Gasteiger partial charge in [-0.2, -0.15) is 13.9 Å². The maximum Gasteiger partial charge on any atom is 0.387 e. The van der Waals surface area contributed by atoms with Crippen LogP contribution in [0.5, 0.6) is 5.75 Å². The third-order valence-electron chi connectivity index (χ3n) is 4.29. The normalized spacial score (nSPS) is 11.1. The van der Waals surface area contributed by atoms with Crippen LogP contribution in [-0.4, -0.2) is 26.7 Å². The first kappa shape index (κ1) is 21.0. The number of rotatable bonds is 6. The summed E-state index contributed by atoms with van der Waals surface area (Å²) in [5, 5.41) is 3.65. The fourth-order valence-electron chi connectivity index (χ4n) is 3.00. The van der Waals surface area contributed by atoms with Crippen LogP contribution < -0.4 is 10.3 Å². The molecule has 152 valence electrons. The smallest absolute Gasteiger partial charge is 0.387 e. The Hall–Kier alpha value is -2.71. The van der Waals surface area contributed by atoms with E-state index in [9.17, 15) is 18.4 Å². The first-order valence-corrected chi connectivity index (χ1v) is 9.13. The van der Waals surface area contributed by atoms with Crippen molar-refractivity contribution in [2.45, 2.75) is 27.0 Å². The highest BCUT2D eigenvalue weighted by molar-refractivity contribution is 6.41. The second kappa shape index (κ2) is 8.34. The topological polar surface area (TPSA) is 66.1 Å². The molecule has 6 nitrogen and oxygen atoms in total. The van der Waals surface area contributed by atoms with E-state index in [1.165, 1.54) is 18.3 Å². The Labute approximate surface area is 174 Å². The highest BCUT2D eigenvalue weighted by Gasteiger charge is 2.19. The molecule has 10 heteroatoms. The number of nitrogens with zero attached hydrogens (tertiary/aromatic N) is 3. The molecule has 0 aliphatic heterocycles. The second-order valence-electron chi connectivity index (χ2n) is 6.19.